The van der Waals surface area contributed by atoms with Crippen LogP contribution in [-0.2, 0) is 20.6 Å². The van der Waals surface area contributed by atoms with Crippen LogP contribution < -0.4 is 10.1 Å². The van der Waals surface area contributed by atoms with Crippen molar-refractivity contribution in [2.45, 2.75) is 77.7 Å². The maximum absolute atomic E-state index is 12.7. The van der Waals surface area contributed by atoms with Gasteiger partial charge in [-0.1, -0.05) is 26.0 Å². The van der Waals surface area contributed by atoms with Gasteiger partial charge < -0.3 is 34.3 Å². The van der Waals surface area contributed by atoms with Crippen molar-refractivity contribution in [3.8, 4) is 5.75 Å². The van der Waals surface area contributed by atoms with E-state index in [-0.39, 0.29) is 13.0 Å². The lowest BCUT2D eigenvalue weighted by Crippen LogP contribution is -2.45. The first kappa shape index (κ1) is 31.0. The molecule has 0 aliphatic carbocycles. The van der Waals surface area contributed by atoms with E-state index in [1.54, 1.807) is 40.0 Å². The van der Waals surface area contributed by atoms with E-state index in [9.17, 15) is 19.5 Å². The fourth-order valence-electron chi connectivity index (χ4n) is 4.32. The molecule has 1 aliphatic rings. The predicted octanol–water partition coefficient (Wildman–Crippen LogP) is 4.14. The van der Waals surface area contributed by atoms with Crippen LogP contribution in [-0.4, -0.2) is 96.9 Å². The van der Waals surface area contributed by atoms with Gasteiger partial charge in [-0.15, -0.1) is 0 Å². The van der Waals surface area contributed by atoms with Gasteiger partial charge >= 0.3 is 18.3 Å². The average molecular weight is 538 g/mol. The Labute approximate surface area is 225 Å². The van der Waals surface area contributed by atoms with Crippen molar-refractivity contribution in [2.75, 3.05) is 39.8 Å². The van der Waals surface area contributed by atoms with Crippen molar-refractivity contribution in [3.05, 3.63) is 29.8 Å². The largest absolute Gasteiger partial charge is 0.509 e. The van der Waals surface area contributed by atoms with Crippen LogP contribution in [0.2, 0.25) is 0 Å². The molecule has 38 heavy (non-hydrogen) atoms. The van der Waals surface area contributed by atoms with E-state index in [0.717, 1.165) is 42.9 Å². The number of nitrogens with zero attached hydrogens (tertiary/aromatic N) is 2. The highest BCUT2D eigenvalue weighted by Crippen LogP contribution is 2.29. The number of benzene rings is 1. The van der Waals surface area contributed by atoms with Crippen LogP contribution in [0.15, 0.2) is 24.3 Å². The van der Waals surface area contributed by atoms with Gasteiger partial charge in [-0.05, 0) is 77.4 Å². The molecule has 1 fully saturated rings. The molecular formula is C27H43N3O8. The molecule has 0 spiro atoms. The molecule has 0 aromatic heterocycles. The first-order chi connectivity index (χ1) is 18.0. The van der Waals surface area contributed by atoms with Crippen LogP contribution in [0.1, 0.15) is 53.0 Å². The highest BCUT2D eigenvalue weighted by atomic mass is 16.7. The SMILES string of the molecule is CCN(CC)CCCCNC(=O)O[C@@H]1[C@@H](OC(=O)OC(C)(C)C)CN(C(=O)O)[C@@H]1Cc1ccc(OC)cc1. The highest BCUT2D eigenvalue weighted by molar-refractivity contribution is 5.69. The third-order valence-corrected chi connectivity index (χ3v) is 6.32. The minimum absolute atomic E-state index is 0.156. The van der Waals surface area contributed by atoms with Gasteiger partial charge in [0.1, 0.15) is 11.4 Å². The molecule has 214 valence electrons. The number of hydrogen-bond donors (Lipinski definition) is 2. The lowest BCUT2D eigenvalue weighted by atomic mass is 10.0. The number of unbranched alkanes of at least 4 members (excludes halogenated alkanes) is 1. The number of ether oxygens (including phenoxy) is 4. The van der Waals surface area contributed by atoms with Gasteiger partial charge in [-0.25, -0.2) is 14.4 Å². The van der Waals surface area contributed by atoms with Gasteiger partial charge in [0.2, 0.25) is 0 Å². The number of likely N-dealkylation sites (tertiary alicyclic amines) is 1. The number of alkyl carbamates (subject to hydrolysis) is 1. The molecule has 0 unspecified atom stereocenters. The summed E-state index contributed by atoms with van der Waals surface area (Å²) in [5.74, 6) is 0.662. The van der Waals surface area contributed by atoms with Crippen LogP contribution in [0.25, 0.3) is 0 Å². The second kappa shape index (κ2) is 14.7. The van der Waals surface area contributed by atoms with Crippen molar-refractivity contribution >= 4 is 18.3 Å². The number of carbonyl (C=O) groups excluding carboxylic acids is 2. The Morgan fingerprint density at radius 1 is 1.08 bits per heavy atom. The normalized spacial score (nSPS) is 19.2. The molecule has 1 aromatic rings. The average Bonchev–Trinajstić information content (AvgIpc) is 3.17. The van der Waals surface area contributed by atoms with Crippen LogP contribution in [0.5, 0.6) is 5.75 Å². The molecule has 1 aromatic carbocycles. The van der Waals surface area contributed by atoms with Gasteiger partial charge in [0.15, 0.2) is 12.2 Å². The molecule has 3 atom stereocenters. The molecule has 11 heteroatoms. The summed E-state index contributed by atoms with van der Waals surface area (Å²) < 4.78 is 21.6. The Bertz CT molecular complexity index is 899. The lowest BCUT2D eigenvalue weighted by molar-refractivity contribution is -0.0517. The predicted molar refractivity (Wildman–Crippen MR) is 142 cm³/mol. The number of rotatable bonds is 12. The summed E-state index contributed by atoms with van der Waals surface area (Å²) in [7, 11) is 1.56. The highest BCUT2D eigenvalue weighted by Gasteiger charge is 2.49. The zero-order valence-corrected chi connectivity index (χ0v) is 23.4. The van der Waals surface area contributed by atoms with Crippen molar-refractivity contribution in [1.82, 2.24) is 15.1 Å². The van der Waals surface area contributed by atoms with E-state index in [1.807, 2.05) is 12.1 Å². The summed E-state index contributed by atoms with van der Waals surface area (Å²) in [6.45, 7) is 12.5. The van der Waals surface area contributed by atoms with Gasteiger partial charge in [-0.2, -0.15) is 0 Å². The van der Waals surface area contributed by atoms with E-state index in [1.165, 1.54) is 0 Å². The topological polar surface area (TPSA) is 127 Å². The van der Waals surface area contributed by atoms with Crippen LogP contribution in [0.3, 0.4) is 0 Å². The minimum atomic E-state index is -1.20. The number of nitrogens with one attached hydrogen (secondary N) is 1. The Morgan fingerprint density at radius 3 is 2.29 bits per heavy atom. The maximum atomic E-state index is 12.7. The van der Waals surface area contributed by atoms with Crippen molar-refractivity contribution < 1.29 is 38.4 Å². The van der Waals surface area contributed by atoms with Crippen LogP contribution >= 0.6 is 0 Å². The molecule has 0 bridgehead atoms. The monoisotopic (exact) mass is 537 g/mol. The molecule has 2 amide bonds. The summed E-state index contributed by atoms with van der Waals surface area (Å²) in [6, 6.07) is 6.39. The summed E-state index contributed by atoms with van der Waals surface area (Å²) in [6.07, 6.45) is -2.98. The first-order valence-electron chi connectivity index (χ1n) is 13.2. The van der Waals surface area contributed by atoms with E-state index >= 15 is 0 Å². The second-order valence-corrected chi connectivity index (χ2v) is 10.2. The van der Waals surface area contributed by atoms with Gasteiger partial charge in [0.05, 0.1) is 19.7 Å². The molecular weight excluding hydrogens is 494 g/mol. The summed E-state index contributed by atoms with van der Waals surface area (Å²) in [5, 5.41) is 12.6. The van der Waals surface area contributed by atoms with Gasteiger partial charge in [0, 0.05) is 6.54 Å². The molecule has 2 rings (SSSR count). The van der Waals surface area contributed by atoms with Crippen molar-refractivity contribution in [2.24, 2.45) is 0 Å². The fourth-order valence-corrected chi connectivity index (χ4v) is 4.32. The third-order valence-electron chi connectivity index (χ3n) is 6.32. The van der Waals surface area contributed by atoms with Gasteiger partial charge in [-0.3, -0.25) is 4.90 Å². The molecule has 0 radical (unpaired) electrons. The standard InChI is InChI=1S/C27H43N3O8/c1-7-29(8-2)16-10-9-15-28-24(31)37-23-21(17-19-11-13-20(35-6)14-12-19)30(25(32)33)18-22(23)36-26(34)38-27(3,4)5/h11-14,21-23H,7-10,15-18H2,1-6H3,(H,28,31)(H,32,33)/t21-,22+,23+/m1/s1. The van der Waals surface area contributed by atoms with Crippen LogP contribution in [0, 0.1) is 0 Å². The lowest BCUT2D eigenvalue weighted by Gasteiger charge is -2.27. The Morgan fingerprint density at radius 2 is 1.74 bits per heavy atom. The Kier molecular flexibility index (Phi) is 12.0. The minimum Gasteiger partial charge on any atom is -0.497 e. The molecule has 2 N–H and O–H groups in total. The summed E-state index contributed by atoms with van der Waals surface area (Å²) >= 11 is 0. The fraction of sp³-hybridized carbons (Fsp3) is 0.667. The third kappa shape index (κ3) is 9.92. The molecule has 0 saturated carbocycles. The van der Waals surface area contributed by atoms with Gasteiger partial charge in [0.25, 0.3) is 0 Å². The first-order valence-corrected chi connectivity index (χ1v) is 13.2. The smallest absolute Gasteiger partial charge is 0.497 e. The van der Waals surface area contributed by atoms with Crippen LogP contribution in [0.4, 0.5) is 14.4 Å². The number of amides is 2. The van der Waals surface area contributed by atoms with E-state index < -0.39 is 42.2 Å². The molecule has 11 nitrogen and oxygen atoms in total. The zero-order valence-electron chi connectivity index (χ0n) is 23.4. The Hall–Kier alpha value is -3.21. The number of methoxy groups -OCH3 is 1. The van der Waals surface area contributed by atoms with E-state index in [2.05, 4.69) is 24.1 Å². The quantitative estimate of drug-likeness (QED) is 0.299. The molecule has 1 saturated heterocycles. The van der Waals surface area contributed by atoms with E-state index in [0.29, 0.717) is 12.3 Å². The van der Waals surface area contributed by atoms with E-state index in [4.69, 9.17) is 18.9 Å². The van der Waals surface area contributed by atoms with Crippen molar-refractivity contribution in [1.29, 1.82) is 0 Å². The molecule has 1 heterocycles. The number of hydrogen-bond acceptors (Lipinski definition) is 8. The molecule has 1 aliphatic heterocycles. The summed E-state index contributed by atoms with van der Waals surface area (Å²) in [5.41, 5.74) is 0.00848. The number of carbonyl (C=O) groups is 3. The summed E-state index contributed by atoms with van der Waals surface area (Å²) in [4.78, 5) is 40.7. The van der Waals surface area contributed by atoms with Crippen molar-refractivity contribution in [3.63, 3.8) is 0 Å². The number of carboxylic acid groups (broad SMARTS) is 1. The zero-order chi connectivity index (χ0) is 28.3. The maximum Gasteiger partial charge on any atom is 0.509 e. The second-order valence-electron chi connectivity index (χ2n) is 10.2. The Balaban J connectivity index is 2.14.